The predicted molar refractivity (Wildman–Crippen MR) is 209 cm³/mol. The topological polar surface area (TPSA) is 346 Å². The molecular weight excluding hydrogens is 843 g/mol. The minimum absolute atomic E-state index is 0.0141. The van der Waals surface area contributed by atoms with Gasteiger partial charge in [0, 0.05) is 13.1 Å². The van der Waals surface area contributed by atoms with E-state index in [1.165, 1.54) is 0 Å². The molecule has 0 spiro atoms. The van der Waals surface area contributed by atoms with Crippen LogP contribution < -0.4 is 21.3 Å². The molecule has 4 aliphatic heterocycles. The van der Waals surface area contributed by atoms with Crippen LogP contribution in [0, 0.1) is 23.7 Å². The van der Waals surface area contributed by atoms with E-state index < -0.39 is 47.5 Å². The van der Waals surface area contributed by atoms with Crippen LogP contribution in [0.5, 0.6) is 0 Å². The SMILES string of the molecule is CCNc1nc(Cl)nc(NCC(=O)OCC)n1.CCNc1nc(Cl)nc(NCC(=O)OCC)n1.O=C(O)C1C2CCC(O2)C1C(=O)O.O=C(O)C1C2CCC(O2)C1C(=O)O. The molecule has 2 aromatic rings. The molecule has 4 aliphatic rings. The van der Waals surface area contributed by atoms with Crippen LogP contribution in [0.1, 0.15) is 53.4 Å². The number of aromatic nitrogens is 6. The second-order valence-corrected chi connectivity index (χ2v) is 13.6. The molecule has 60 heavy (non-hydrogen) atoms. The average Bonchev–Trinajstić information content (AvgIpc) is 4.00. The van der Waals surface area contributed by atoms with E-state index >= 15 is 0 Å². The first kappa shape index (κ1) is 48.9. The van der Waals surface area contributed by atoms with Gasteiger partial charge in [0.15, 0.2) is 0 Å². The summed E-state index contributed by atoms with van der Waals surface area (Å²) in [5.41, 5.74) is 0. The molecule has 0 saturated carbocycles. The maximum absolute atomic E-state index is 11.1. The summed E-state index contributed by atoms with van der Waals surface area (Å²) in [4.78, 5) is 88.7. The van der Waals surface area contributed by atoms with E-state index in [-0.39, 0.29) is 71.9 Å². The van der Waals surface area contributed by atoms with Crippen molar-refractivity contribution in [1.82, 2.24) is 29.9 Å². The van der Waals surface area contributed by atoms with Crippen molar-refractivity contribution in [3.8, 4) is 0 Å². The minimum Gasteiger partial charge on any atom is -0.481 e. The van der Waals surface area contributed by atoms with Gasteiger partial charge in [-0.15, -0.1) is 0 Å². The molecule has 0 radical (unpaired) electrons. The number of halogens is 2. The summed E-state index contributed by atoms with van der Waals surface area (Å²) in [6, 6.07) is 0. The summed E-state index contributed by atoms with van der Waals surface area (Å²) in [6.45, 7) is 9.26. The van der Waals surface area contributed by atoms with Crippen molar-refractivity contribution in [2.75, 3.05) is 60.7 Å². The number of hydrogen-bond acceptors (Lipinski definition) is 20. The standard InChI is InChI=1S/2C9H14ClN5O2.2C8H10O5/c2*1-3-11-8-13-7(10)14-9(15-8)12-5-6(16)17-4-2;2*9-7(10)5-3-1-2-4(13-3)6(5)8(11)12/h2*3-5H2,1-2H3,(H2,11,12,13,14,15);2*3-6H,1-2H2,(H,9,10)(H,11,12). The molecule has 6 rings (SSSR count). The molecule has 8 atom stereocenters. The fraction of sp³-hybridized carbons (Fsp3) is 0.647. The van der Waals surface area contributed by atoms with Crippen LogP contribution in [-0.4, -0.2) is 150 Å². The minimum atomic E-state index is -1.06. The highest BCUT2D eigenvalue weighted by atomic mass is 35.5. The largest absolute Gasteiger partial charge is 0.481 e. The molecule has 0 amide bonds. The number of carbonyl (C=O) groups excluding carboxylic acids is 2. The third kappa shape index (κ3) is 14.4. The van der Waals surface area contributed by atoms with Crippen molar-refractivity contribution in [1.29, 1.82) is 0 Å². The smallest absolute Gasteiger partial charge is 0.325 e. The van der Waals surface area contributed by atoms with Gasteiger partial charge in [0.05, 0.1) is 61.3 Å². The Morgan fingerprint density at radius 3 is 1.02 bits per heavy atom. The molecule has 6 heterocycles. The first-order chi connectivity index (χ1) is 28.5. The number of esters is 2. The van der Waals surface area contributed by atoms with Gasteiger partial charge in [-0.1, -0.05) is 0 Å². The number of anilines is 4. The molecule has 8 N–H and O–H groups in total. The third-order valence-electron chi connectivity index (χ3n) is 8.97. The summed E-state index contributed by atoms with van der Waals surface area (Å²) >= 11 is 11.4. The molecule has 4 bridgehead atoms. The van der Waals surface area contributed by atoms with Gasteiger partial charge >= 0.3 is 35.8 Å². The number of carboxylic acids is 4. The number of nitrogens with one attached hydrogen (secondary N) is 4. The molecule has 0 aliphatic carbocycles. The van der Waals surface area contributed by atoms with Crippen LogP contribution in [0.4, 0.5) is 23.8 Å². The van der Waals surface area contributed by atoms with Gasteiger partial charge in [-0.3, -0.25) is 28.8 Å². The van der Waals surface area contributed by atoms with E-state index in [4.69, 9.17) is 62.6 Å². The van der Waals surface area contributed by atoms with Crippen LogP contribution >= 0.6 is 23.2 Å². The van der Waals surface area contributed by atoms with E-state index in [0.29, 0.717) is 63.9 Å². The summed E-state index contributed by atoms with van der Waals surface area (Å²) in [5, 5.41) is 46.6. The summed E-state index contributed by atoms with van der Waals surface area (Å²) in [6.07, 6.45) is 1.15. The van der Waals surface area contributed by atoms with Gasteiger partial charge in [-0.05, 0) is 76.6 Å². The number of carboxylic acid groups (broad SMARTS) is 4. The van der Waals surface area contributed by atoms with Gasteiger partial charge < -0.3 is 60.6 Å². The Kier molecular flexibility index (Phi) is 19.5. The Labute approximate surface area is 352 Å². The summed E-state index contributed by atoms with van der Waals surface area (Å²) < 4.78 is 20.0. The quantitative estimate of drug-likeness (QED) is 0.111. The highest BCUT2D eigenvalue weighted by molar-refractivity contribution is 6.28. The molecular formula is C34H48Cl2N10O14. The van der Waals surface area contributed by atoms with Crippen molar-refractivity contribution < 1.29 is 68.1 Å². The molecule has 4 saturated heterocycles. The zero-order valence-electron chi connectivity index (χ0n) is 33.0. The Balaban J connectivity index is 0.000000215. The maximum Gasteiger partial charge on any atom is 0.325 e. The number of hydrogen-bond donors (Lipinski definition) is 8. The van der Waals surface area contributed by atoms with Gasteiger partial charge in [-0.25, -0.2) is 0 Å². The number of carbonyl (C=O) groups is 6. The third-order valence-corrected chi connectivity index (χ3v) is 9.30. The first-order valence-corrected chi connectivity index (χ1v) is 19.6. The number of ether oxygens (including phenoxy) is 4. The Hall–Kier alpha value is -5.46. The second kappa shape index (κ2) is 24.0. The van der Waals surface area contributed by atoms with Gasteiger partial charge in [0.1, 0.15) is 13.1 Å². The van der Waals surface area contributed by atoms with Crippen molar-refractivity contribution in [3.63, 3.8) is 0 Å². The number of nitrogens with zero attached hydrogens (tertiary/aromatic N) is 6. The van der Waals surface area contributed by atoms with E-state index in [9.17, 15) is 28.8 Å². The molecule has 0 aromatic carbocycles. The lowest BCUT2D eigenvalue weighted by Gasteiger charge is -2.20. The molecule has 332 valence electrons. The lowest BCUT2D eigenvalue weighted by molar-refractivity contribution is -0.154. The van der Waals surface area contributed by atoms with E-state index in [1.807, 2.05) is 13.8 Å². The van der Waals surface area contributed by atoms with E-state index in [0.717, 1.165) is 0 Å². The van der Waals surface area contributed by atoms with Crippen LogP contribution in [0.25, 0.3) is 0 Å². The monoisotopic (exact) mass is 890 g/mol. The van der Waals surface area contributed by atoms with Crippen LogP contribution in [-0.2, 0) is 47.7 Å². The number of aliphatic carboxylic acids is 4. The molecule has 2 aromatic heterocycles. The molecule has 4 fully saturated rings. The normalized spacial score (nSPS) is 23.8. The van der Waals surface area contributed by atoms with Crippen molar-refractivity contribution >= 4 is 82.8 Å². The summed E-state index contributed by atoms with van der Waals surface area (Å²) in [7, 11) is 0. The molecule has 24 nitrogen and oxygen atoms in total. The predicted octanol–water partition coefficient (Wildman–Crippen LogP) is 1.76. The van der Waals surface area contributed by atoms with E-state index in [1.54, 1.807) is 13.8 Å². The fourth-order valence-corrected chi connectivity index (χ4v) is 6.99. The summed E-state index contributed by atoms with van der Waals surface area (Å²) in [5.74, 6) is -7.21. The fourth-order valence-electron chi connectivity index (χ4n) is 6.67. The molecule has 8 unspecified atom stereocenters. The number of rotatable bonds is 16. The Morgan fingerprint density at radius 2 is 0.783 bits per heavy atom. The van der Waals surface area contributed by atoms with Crippen LogP contribution in [0.2, 0.25) is 10.6 Å². The van der Waals surface area contributed by atoms with Gasteiger partial charge in [0.25, 0.3) is 0 Å². The zero-order valence-corrected chi connectivity index (χ0v) is 34.5. The van der Waals surface area contributed by atoms with Crippen molar-refractivity contribution in [3.05, 3.63) is 10.6 Å². The van der Waals surface area contributed by atoms with Gasteiger partial charge in [-0.2, -0.15) is 29.9 Å². The van der Waals surface area contributed by atoms with Crippen LogP contribution in [0.15, 0.2) is 0 Å². The van der Waals surface area contributed by atoms with Gasteiger partial charge in [0.2, 0.25) is 34.4 Å². The van der Waals surface area contributed by atoms with Crippen molar-refractivity contribution in [2.45, 2.75) is 77.8 Å². The highest BCUT2D eigenvalue weighted by Gasteiger charge is 2.56. The maximum atomic E-state index is 11.1. The lowest BCUT2D eigenvalue weighted by atomic mass is 9.79. The average molecular weight is 892 g/mol. The number of fused-ring (bicyclic) bond motifs is 4. The lowest BCUT2D eigenvalue weighted by Crippen LogP contribution is -2.38. The Bertz CT molecular complexity index is 1640. The Morgan fingerprint density at radius 1 is 0.517 bits per heavy atom. The zero-order chi connectivity index (χ0) is 44.5. The molecule has 26 heteroatoms. The first-order valence-electron chi connectivity index (χ1n) is 18.8. The van der Waals surface area contributed by atoms with E-state index in [2.05, 4.69) is 51.2 Å². The highest BCUT2D eigenvalue weighted by Crippen LogP contribution is 2.44. The van der Waals surface area contributed by atoms with Crippen molar-refractivity contribution in [2.24, 2.45) is 23.7 Å². The second-order valence-electron chi connectivity index (χ2n) is 12.9. The van der Waals surface area contributed by atoms with Crippen LogP contribution in [0.3, 0.4) is 0 Å².